The second-order valence-electron chi connectivity index (χ2n) is 4.90. The third kappa shape index (κ3) is 4.36. The Kier molecular flexibility index (Phi) is 6.79. The third-order valence-corrected chi connectivity index (χ3v) is 3.99. The topological polar surface area (TPSA) is 50.4 Å². The van der Waals surface area contributed by atoms with Gasteiger partial charge in [0.25, 0.3) is 5.91 Å². The number of hydrogen-bond acceptors (Lipinski definition) is 3. The smallest absolute Gasteiger partial charge is 0.251 e. The summed E-state index contributed by atoms with van der Waals surface area (Å²) in [6.45, 7) is 3.10. The quantitative estimate of drug-likeness (QED) is 0.868. The Hall–Kier alpha value is -0.780. The number of amides is 1. The summed E-state index contributed by atoms with van der Waals surface area (Å²) in [5, 5.41) is 6.46. The monoisotopic (exact) mass is 362 g/mol. The minimum atomic E-state index is -0.0255. The van der Waals surface area contributed by atoms with Crippen LogP contribution < -0.4 is 15.4 Å². The van der Waals surface area contributed by atoms with Gasteiger partial charge in [0.1, 0.15) is 5.75 Å². The van der Waals surface area contributed by atoms with E-state index in [-0.39, 0.29) is 24.4 Å². The van der Waals surface area contributed by atoms with Gasteiger partial charge in [0, 0.05) is 17.6 Å². The number of carbonyl (C=O) groups is 1. The first kappa shape index (κ1) is 17.3. The number of methoxy groups -OCH3 is 1. The molecule has 6 heteroatoms. The Morgan fingerprint density at radius 3 is 2.85 bits per heavy atom. The zero-order chi connectivity index (χ0) is 13.8. The SMILES string of the molecule is COc1ccc(C(=O)NC2CCNC(C)C2)cc1Br.Cl. The second-order valence-corrected chi connectivity index (χ2v) is 5.75. The molecule has 2 rings (SSSR count). The maximum atomic E-state index is 12.2. The minimum Gasteiger partial charge on any atom is -0.496 e. The van der Waals surface area contributed by atoms with Gasteiger partial charge in [-0.05, 0) is 60.4 Å². The number of benzene rings is 1. The lowest BCUT2D eigenvalue weighted by molar-refractivity contribution is 0.0925. The number of hydrogen-bond donors (Lipinski definition) is 2. The third-order valence-electron chi connectivity index (χ3n) is 3.37. The lowest BCUT2D eigenvalue weighted by Gasteiger charge is -2.28. The Bertz CT molecular complexity index is 470. The molecule has 112 valence electrons. The molecule has 2 N–H and O–H groups in total. The highest BCUT2D eigenvalue weighted by molar-refractivity contribution is 9.10. The van der Waals surface area contributed by atoms with Crippen molar-refractivity contribution < 1.29 is 9.53 Å². The zero-order valence-corrected chi connectivity index (χ0v) is 14.0. The first-order valence-electron chi connectivity index (χ1n) is 6.48. The standard InChI is InChI=1S/C14H19BrN2O2.ClH/c1-9-7-11(5-6-16-9)17-14(18)10-3-4-13(19-2)12(15)8-10;/h3-4,8-9,11,16H,5-7H2,1-2H3,(H,17,18);1H. The highest BCUT2D eigenvalue weighted by Crippen LogP contribution is 2.25. The maximum Gasteiger partial charge on any atom is 0.251 e. The highest BCUT2D eigenvalue weighted by atomic mass is 79.9. The number of ether oxygens (including phenoxy) is 1. The van der Waals surface area contributed by atoms with Crippen LogP contribution in [0.5, 0.6) is 5.75 Å². The van der Waals surface area contributed by atoms with E-state index >= 15 is 0 Å². The van der Waals surface area contributed by atoms with Gasteiger partial charge in [0.2, 0.25) is 0 Å². The zero-order valence-electron chi connectivity index (χ0n) is 11.6. The van der Waals surface area contributed by atoms with Crippen LogP contribution >= 0.6 is 28.3 Å². The van der Waals surface area contributed by atoms with Crippen molar-refractivity contribution in [1.82, 2.24) is 10.6 Å². The molecule has 1 amide bonds. The van der Waals surface area contributed by atoms with Gasteiger partial charge in [-0.3, -0.25) is 4.79 Å². The van der Waals surface area contributed by atoms with E-state index < -0.39 is 0 Å². The summed E-state index contributed by atoms with van der Waals surface area (Å²) < 4.78 is 5.95. The van der Waals surface area contributed by atoms with Crippen molar-refractivity contribution in [2.24, 2.45) is 0 Å². The average Bonchev–Trinajstić information content (AvgIpc) is 2.38. The molecule has 0 bridgehead atoms. The maximum absolute atomic E-state index is 12.2. The largest absolute Gasteiger partial charge is 0.496 e. The normalized spacial score (nSPS) is 21.8. The van der Waals surface area contributed by atoms with Gasteiger partial charge in [0.05, 0.1) is 11.6 Å². The number of halogens is 2. The van der Waals surface area contributed by atoms with Gasteiger partial charge in [-0.25, -0.2) is 0 Å². The number of nitrogens with one attached hydrogen (secondary N) is 2. The van der Waals surface area contributed by atoms with Crippen molar-refractivity contribution >= 4 is 34.2 Å². The molecule has 1 aliphatic rings. The van der Waals surface area contributed by atoms with E-state index in [1.54, 1.807) is 25.3 Å². The molecular weight excluding hydrogens is 344 g/mol. The van der Waals surface area contributed by atoms with Crippen LogP contribution in [0.2, 0.25) is 0 Å². The van der Waals surface area contributed by atoms with Crippen LogP contribution in [0.1, 0.15) is 30.1 Å². The van der Waals surface area contributed by atoms with E-state index in [9.17, 15) is 4.79 Å². The van der Waals surface area contributed by atoms with Crippen LogP contribution in [-0.4, -0.2) is 31.6 Å². The van der Waals surface area contributed by atoms with Crippen LogP contribution in [0.3, 0.4) is 0 Å². The summed E-state index contributed by atoms with van der Waals surface area (Å²) in [6, 6.07) is 6.08. The number of rotatable bonds is 3. The molecule has 2 atom stereocenters. The van der Waals surface area contributed by atoms with Crippen molar-refractivity contribution in [3.63, 3.8) is 0 Å². The van der Waals surface area contributed by atoms with Crippen molar-refractivity contribution in [3.05, 3.63) is 28.2 Å². The van der Waals surface area contributed by atoms with E-state index in [1.807, 2.05) is 0 Å². The van der Waals surface area contributed by atoms with Crippen LogP contribution in [0.4, 0.5) is 0 Å². The van der Waals surface area contributed by atoms with Gasteiger partial charge in [0.15, 0.2) is 0 Å². The Morgan fingerprint density at radius 2 is 2.25 bits per heavy atom. The first-order valence-corrected chi connectivity index (χ1v) is 7.27. The molecule has 0 aromatic heterocycles. The van der Waals surface area contributed by atoms with E-state index in [2.05, 4.69) is 33.5 Å². The highest BCUT2D eigenvalue weighted by Gasteiger charge is 2.20. The fraction of sp³-hybridized carbons (Fsp3) is 0.500. The Balaban J connectivity index is 0.00000200. The van der Waals surface area contributed by atoms with Crippen molar-refractivity contribution in [2.45, 2.75) is 31.8 Å². The molecule has 1 fully saturated rings. The molecule has 1 saturated heterocycles. The molecule has 1 aromatic carbocycles. The predicted octanol–water partition coefficient (Wildman–Crippen LogP) is 2.75. The second kappa shape index (κ2) is 7.86. The molecule has 1 aliphatic heterocycles. The lowest BCUT2D eigenvalue weighted by atomic mass is 10.0. The average molecular weight is 364 g/mol. The molecule has 0 radical (unpaired) electrons. The van der Waals surface area contributed by atoms with Gasteiger partial charge >= 0.3 is 0 Å². The number of carbonyl (C=O) groups excluding carboxylic acids is 1. The van der Waals surface area contributed by atoms with E-state index in [1.165, 1.54) is 0 Å². The van der Waals surface area contributed by atoms with Gasteiger partial charge in [-0.2, -0.15) is 0 Å². The summed E-state index contributed by atoms with van der Waals surface area (Å²) in [4.78, 5) is 12.2. The first-order chi connectivity index (χ1) is 9.10. The van der Waals surface area contributed by atoms with Crippen LogP contribution in [0, 0.1) is 0 Å². The molecule has 1 heterocycles. The van der Waals surface area contributed by atoms with Gasteiger partial charge < -0.3 is 15.4 Å². The molecule has 4 nitrogen and oxygen atoms in total. The fourth-order valence-corrected chi connectivity index (χ4v) is 2.88. The Morgan fingerprint density at radius 1 is 1.50 bits per heavy atom. The summed E-state index contributed by atoms with van der Waals surface area (Å²) in [5.41, 5.74) is 0.652. The summed E-state index contributed by atoms with van der Waals surface area (Å²) in [5.74, 6) is 0.703. The molecule has 0 aliphatic carbocycles. The summed E-state index contributed by atoms with van der Waals surface area (Å²) >= 11 is 3.40. The fourth-order valence-electron chi connectivity index (χ4n) is 2.34. The Labute approximate surface area is 134 Å². The van der Waals surface area contributed by atoms with Crippen molar-refractivity contribution in [1.29, 1.82) is 0 Å². The number of piperidine rings is 1. The summed E-state index contributed by atoms with van der Waals surface area (Å²) in [7, 11) is 1.61. The van der Waals surface area contributed by atoms with Crippen LogP contribution in [-0.2, 0) is 0 Å². The molecule has 2 unspecified atom stereocenters. The van der Waals surface area contributed by atoms with Crippen molar-refractivity contribution in [2.75, 3.05) is 13.7 Å². The molecule has 0 saturated carbocycles. The molecular formula is C14H20BrClN2O2. The van der Waals surface area contributed by atoms with Crippen molar-refractivity contribution in [3.8, 4) is 5.75 Å². The van der Waals surface area contributed by atoms with E-state index in [4.69, 9.17) is 4.74 Å². The lowest BCUT2D eigenvalue weighted by Crippen LogP contribution is -2.46. The molecule has 20 heavy (non-hydrogen) atoms. The van der Waals surface area contributed by atoms with Gasteiger partial charge in [-0.15, -0.1) is 12.4 Å². The predicted molar refractivity (Wildman–Crippen MR) is 85.9 cm³/mol. The minimum absolute atomic E-state index is 0. The van der Waals surface area contributed by atoms with Crippen LogP contribution in [0.15, 0.2) is 22.7 Å². The van der Waals surface area contributed by atoms with E-state index in [0.29, 0.717) is 11.6 Å². The van der Waals surface area contributed by atoms with Gasteiger partial charge in [-0.1, -0.05) is 0 Å². The molecule has 1 aromatic rings. The molecule has 0 spiro atoms. The summed E-state index contributed by atoms with van der Waals surface area (Å²) in [6.07, 6.45) is 1.95. The van der Waals surface area contributed by atoms with Crippen LogP contribution in [0.25, 0.3) is 0 Å². The van der Waals surface area contributed by atoms with E-state index in [0.717, 1.165) is 29.6 Å².